The molecule has 0 spiro atoms. The Hall–Kier alpha value is -0.190. The Labute approximate surface area is 105 Å². The van der Waals surface area contributed by atoms with Crippen molar-refractivity contribution in [3.8, 4) is 0 Å². The van der Waals surface area contributed by atoms with E-state index in [2.05, 4.69) is 31.9 Å². The van der Waals surface area contributed by atoms with Crippen LogP contribution in [-0.4, -0.2) is 12.4 Å². The molecule has 0 aliphatic carbocycles. The molecule has 1 atom stereocenters. The van der Waals surface area contributed by atoms with E-state index in [9.17, 15) is 4.79 Å². The molecule has 0 radical (unpaired) electrons. The van der Waals surface area contributed by atoms with Crippen molar-refractivity contribution in [2.45, 2.75) is 18.9 Å². The van der Waals surface area contributed by atoms with Gasteiger partial charge >= 0.3 is 0 Å². The fourth-order valence-electron chi connectivity index (χ4n) is 1.65. The highest BCUT2D eigenvalue weighted by atomic mass is 79.9. The minimum absolute atomic E-state index is 0.0891. The largest absolute Gasteiger partial charge is 0.373 e. The number of halogens is 2. The normalized spacial score (nSPS) is 21.7. The Balaban J connectivity index is 2.24. The van der Waals surface area contributed by atoms with E-state index in [-0.39, 0.29) is 11.9 Å². The number of ketones is 1. The van der Waals surface area contributed by atoms with Crippen molar-refractivity contribution < 1.29 is 9.53 Å². The van der Waals surface area contributed by atoms with E-state index >= 15 is 0 Å². The fourth-order valence-corrected chi connectivity index (χ4v) is 2.95. The van der Waals surface area contributed by atoms with Crippen LogP contribution in [0.1, 0.15) is 24.5 Å². The molecular formula is C11H10Br2O2. The molecule has 2 nitrogen and oxygen atoms in total. The molecule has 1 aliphatic rings. The van der Waals surface area contributed by atoms with Crippen molar-refractivity contribution in [2.24, 2.45) is 0 Å². The smallest absolute Gasteiger partial charge is 0.138 e. The Morgan fingerprint density at radius 3 is 2.80 bits per heavy atom. The molecule has 1 aromatic rings. The van der Waals surface area contributed by atoms with E-state index in [1.807, 2.05) is 18.2 Å². The molecule has 2 rings (SSSR count). The first-order valence-corrected chi connectivity index (χ1v) is 6.33. The summed E-state index contributed by atoms with van der Waals surface area (Å²) in [7, 11) is 0. The number of Topliss-reactive ketones (excluding diaryl/α,β-unsaturated/α-hetero) is 1. The van der Waals surface area contributed by atoms with Gasteiger partial charge in [-0.15, -0.1) is 0 Å². The van der Waals surface area contributed by atoms with E-state index in [0.717, 1.165) is 14.5 Å². The molecule has 0 N–H and O–H groups in total. The summed E-state index contributed by atoms with van der Waals surface area (Å²) in [5.41, 5.74) is 1.05. The van der Waals surface area contributed by atoms with Crippen LogP contribution in [0.25, 0.3) is 0 Å². The standard InChI is InChI=1S/C11H10Br2O2/c12-7-1-2-9(10(13)5-7)11-6-8(14)3-4-15-11/h1-2,5,11H,3-4,6H2. The number of ether oxygens (including phenoxy) is 1. The first-order valence-electron chi connectivity index (χ1n) is 4.75. The third-order valence-electron chi connectivity index (χ3n) is 2.42. The average Bonchev–Trinajstić information content (AvgIpc) is 2.17. The summed E-state index contributed by atoms with van der Waals surface area (Å²) in [4.78, 5) is 11.3. The van der Waals surface area contributed by atoms with Crippen LogP contribution in [0.3, 0.4) is 0 Å². The molecule has 1 aliphatic heterocycles. The number of carbonyl (C=O) groups excluding carboxylic acids is 1. The fraction of sp³-hybridized carbons (Fsp3) is 0.364. The molecule has 1 heterocycles. The van der Waals surface area contributed by atoms with Crippen LogP contribution in [0, 0.1) is 0 Å². The van der Waals surface area contributed by atoms with Crippen molar-refractivity contribution in [3.63, 3.8) is 0 Å². The summed E-state index contributed by atoms with van der Waals surface area (Å²) >= 11 is 6.88. The number of hydrogen-bond donors (Lipinski definition) is 0. The van der Waals surface area contributed by atoms with Gasteiger partial charge < -0.3 is 4.74 Å². The highest BCUT2D eigenvalue weighted by Gasteiger charge is 2.23. The molecule has 0 bridgehead atoms. The van der Waals surface area contributed by atoms with E-state index < -0.39 is 0 Å². The van der Waals surface area contributed by atoms with Gasteiger partial charge in [-0.1, -0.05) is 37.9 Å². The maximum atomic E-state index is 11.3. The SMILES string of the molecule is O=C1CCOC(c2ccc(Br)cc2Br)C1. The van der Waals surface area contributed by atoms with Crippen LogP contribution in [0.5, 0.6) is 0 Å². The lowest BCUT2D eigenvalue weighted by atomic mass is 10.0. The third-order valence-corrected chi connectivity index (χ3v) is 3.60. The molecule has 0 aromatic heterocycles. The topological polar surface area (TPSA) is 26.3 Å². The van der Waals surface area contributed by atoms with Gasteiger partial charge in [-0.3, -0.25) is 4.79 Å². The number of rotatable bonds is 1. The predicted octanol–water partition coefficient (Wildman–Crippen LogP) is 3.63. The Kier molecular flexibility index (Phi) is 3.59. The van der Waals surface area contributed by atoms with E-state index in [1.54, 1.807) is 0 Å². The number of benzene rings is 1. The van der Waals surface area contributed by atoms with Crippen molar-refractivity contribution in [1.29, 1.82) is 0 Å². The quantitative estimate of drug-likeness (QED) is 0.784. The second-order valence-electron chi connectivity index (χ2n) is 3.52. The Morgan fingerprint density at radius 1 is 1.33 bits per heavy atom. The molecule has 0 saturated carbocycles. The zero-order chi connectivity index (χ0) is 10.8. The number of hydrogen-bond acceptors (Lipinski definition) is 2. The predicted molar refractivity (Wildman–Crippen MR) is 64.8 cm³/mol. The van der Waals surface area contributed by atoms with Crippen molar-refractivity contribution in [1.82, 2.24) is 0 Å². The van der Waals surface area contributed by atoms with Gasteiger partial charge in [0, 0.05) is 21.8 Å². The minimum atomic E-state index is -0.0891. The van der Waals surface area contributed by atoms with Gasteiger partial charge in [0.15, 0.2) is 0 Å². The molecule has 1 saturated heterocycles. The van der Waals surface area contributed by atoms with E-state index in [1.165, 1.54) is 0 Å². The summed E-state index contributed by atoms with van der Waals surface area (Å²) in [6.45, 7) is 0.534. The monoisotopic (exact) mass is 332 g/mol. The molecule has 15 heavy (non-hydrogen) atoms. The maximum absolute atomic E-state index is 11.3. The van der Waals surface area contributed by atoms with Gasteiger partial charge in [0.2, 0.25) is 0 Å². The number of carbonyl (C=O) groups is 1. The van der Waals surface area contributed by atoms with Gasteiger partial charge in [-0.2, -0.15) is 0 Å². The maximum Gasteiger partial charge on any atom is 0.138 e. The van der Waals surface area contributed by atoms with Gasteiger partial charge in [0.1, 0.15) is 5.78 Å². The lowest BCUT2D eigenvalue weighted by Crippen LogP contribution is -2.19. The average molecular weight is 334 g/mol. The second-order valence-corrected chi connectivity index (χ2v) is 5.29. The molecule has 1 unspecified atom stereocenters. The summed E-state index contributed by atoms with van der Waals surface area (Å²) in [5.74, 6) is 0.279. The van der Waals surface area contributed by atoms with Gasteiger partial charge in [-0.25, -0.2) is 0 Å². The molecule has 80 valence electrons. The van der Waals surface area contributed by atoms with Crippen molar-refractivity contribution >= 4 is 37.6 Å². The molecule has 1 fully saturated rings. The zero-order valence-electron chi connectivity index (χ0n) is 8.00. The molecule has 0 amide bonds. The Morgan fingerprint density at radius 2 is 2.13 bits per heavy atom. The third kappa shape index (κ3) is 2.68. The summed E-state index contributed by atoms with van der Waals surface area (Å²) in [6, 6.07) is 5.91. The van der Waals surface area contributed by atoms with Crippen LogP contribution >= 0.6 is 31.9 Å². The van der Waals surface area contributed by atoms with E-state index in [4.69, 9.17) is 4.74 Å². The zero-order valence-corrected chi connectivity index (χ0v) is 11.2. The first kappa shape index (κ1) is 11.3. The molecule has 1 aromatic carbocycles. The first-order chi connectivity index (χ1) is 7.16. The lowest BCUT2D eigenvalue weighted by Gasteiger charge is -2.23. The highest BCUT2D eigenvalue weighted by Crippen LogP contribution is 2.33. The minimum Gasteiger partial charge on any atom is -0.373 e. The Bertz CT molecular complexity index is 390. The summed E-state index contributed by atoms with van der Waals surface area (Å²) in [5, 5.41) is 0. The van der Waals surface area contributed by atoms with Crippen LogP contribution in [-0.2, 0) is 9.53 Å². The van der Waals surface area contributed by atoms with Gasteiger partial charge in [0.25, 0.3) is 0 Å². The second kappa shape index (κ2) is 4.76. The van der Waals surface area contributed by atoms with Gasteiger partial charge in [0.05, 0.1) is 12.7 Å². The summed E-state index contributed by atoms with van der Waals surface area (Å²) in [6.07, 6.45) is 0.943. The van der Waals surface area contributed by atoms with Crippen LogP contribution in [0.15, 0.2) is 27.1 Å². The van der Waals surface area contributed by atoms with Gasteiger partial charge in [-0.05, 0) is 17.7 Å². The van der Waals surface area contributed by atoms with E-state index in [0.29, 0.717) is 19.4 Å². The van der Waals surface area contributed by atoms with Crippen LogP contribution < -0.4 is 0 Å². The molecule has 4 heteroatoms. The van der Waals surface area contributed by atoms with Crippen molar-refractivity contribution in [3.05, 3.63) is 32.7 Å². The summed E-state index contributed by atoms with van der Waals surface area (Å²) < 4.78 is 7.59. The molecular weight excluding hydrogens is 324 g/mol. The van der Waals surface area contributed by atoms with Crippen molar-refractivity contribution in [2.75, 3.05) is 6.61 Å². The highest BCUT2D eigenvalue weighted by molar-refractivity contribution is 9.11. The van der Waals surface area contributed by atoms with Crippen LogP contribution in [0.4, 0.5) is 0 Å². The van der Waals surface area contributed by atoms with Crippen LogP contribution in [0.2, 0.25) is 0 Å². The lowest BCUT2D eigenvalue weighted by molar-refractivity contribution is -0.128.